The first-order valence-corrected chi connectivity index (χ1v) is 10.4. The van der Waals surface area contributed by atoms with Crippen LogP contribution in [0.15, 0.2) is 58.2 Å². The second-order valence-electron chi connectivity index (χ2n) is 7.17. The van der Waals surface area contributed by atoms with Crippen LogP contribution in [0.3, 0.4) is 0 Å². The van der Waals surface area contributed by atoms with Crippen LogP contribution in [0.2, 0.25) is 0 Å². The molecule has 1 saturated heterocycles. The summed E-state index contributed by atoms with van der Waals surface area (Å²) in [6.07, 6.45) is 1.28. The van der Waals surface area contributed by atoms with E-state index in [0.29, 0.717) is 25.8 Å². The van der Waals surface area contributed by atoms with Gasteiger partial charge >= 0.3 is 11.7 Å². The first-order valence-electron chi connectivity index (χ1n) is 9.56. The molecule has 1 amide bonds. The number of benzene rings is 2. The second-order valence-corrected chi connectivity index (χ2v) is 8.49. The first kappa shape index (κ1) is 18.1. The largest absolute Gasteiger partial charge is 0.463 e. The van der Waals surface area contributed by atoms with Gasteiger partial charge < -0.3 is 9.72 Å². The van der Waals surface area contributed by atoms with E-state index in [1.54, 1.807) is 9.47 Å². The van der Waals surface area contributed by atoms with E-state index < -0.39 is 10.8 Å². The number of carbonyl (C=O) groups is 2. The van der Waals surface area contributed by atoms with Crippen molar-refractivity contribution < 1.29 is 14.3 Å². The number of rotatable bonds is 5. The summed E-state index contributed by atoms with van der Waals surface area (Å²) in [5.74, 6) is -0.444. The zero-order chi connectivity index (χ0) is 20.0. The van der Waals surface area contributed by atoms with Crippen molar-refractivity contribution in [2.45, 2.75) is 35.6 Å². The normalized spacial score (nSPS) is 20.1. The van der Waals surface area contributed by atoms with Crippen molar-refractivity contribution in [1.29, 1.82) is 0 Å². The van der Waals surface area contributed by atoms with Gasteiger partial charge in [-0.2, -0.15) is 0 Å². The van der Waals surface area contributed by atoms with E-state index in [9.17, 15) is 14.4 Å². The summed E-state index contributed by atoms with van der Waals surface area (Å²) in [6.45, 7) is 0.630. The van der Waals surface area contributed by atoms with Gasteiger partial charge in [-0.15, -0.1) is 0 Å². The number of hydrogen-bond donors (Lipinski definition) is 1. The van der Waals surface area contributed by atoms with Gasteiger partial charge in [0.1, 0.15) is 0 Å². The van der Waals surface area contributed by atoms with Crippen molar-refractivity contribution in [3.8, 4) is 0 Å². The number of para-hydroxylation sites is 3. The number of aromatic amines is 1. The quantitative estimate of drug-likeness (QED) is 0.517. The van der Waals surface area contributed by atoms with Crippen LogP contribution in [0.1, 0.15) is 19.3 Å². The highest BCUT2D eigenvalue weighted by Gasteiger charge is 2.58. The van der Waals surface area contributed by atoms with E-state index in [1.807, 2.05) is 48.5 Å². The average molecular weight is 409 g/mol. The lowest BCUT2D eigenvalue weighted by molar-refractivity contribution is -0.146. The molecule has 0 spiro atoms. The first-order chi connectivity index (χ1) is 14.1. The molecule has 0 unspecified atom stereocenters. The number of ether oxygens (including phenoxy) is 1. The summed E-state index contributed by atoms with van der Waals surface area (Å²) >= 11 is 1.40. The lowest BCUT2D eigenvalue weighted by atomic mass is 10.2. The highest BCUT2D eigenvalue weighted by atomic mass is 32.2. The Hall–Kier alpha value is -3.00. The minimum atomic E-state index is -1.00. The van der Waals surface area contributed by atoms with Gasteiger partial charge in [-0.25, -0.2) is 9.59 Å². The third-order valence-electron chi connectivity index (χ3n) is 5.43. The van der Waals surface area contributed by atoms with Gasteiger partial charge in [0, 0.05) is 24.3 Å². The number of hydrogen-bond acceptors (Lipinski definition) is 5. The Morgan fingerprint density at radius 2 is 1.93 bits per heavy atom. The number of amides is 1. The number of fused-ring (bicyclic) bond motifs is 4. The number of thioether (sulfide) groups is 1. The van der Waals surface area contributed by atoms with E-state index >= 15 is 0 Å². The molecule has 1 atom stereocenters. The number of nitrogens with zero attached hydrogens (tertiary/aromatic N) is 2. The molecular weight excluding hydrogens is 390 g/mol. The Morgan fingerprint density at radius 1 is 1.14 bits per heavy atom. The molecule has 0 bridgehead atoms. The van der Waals surface area contributed by atoms with E-state index in [0.717, 1.165) is 21.6 Å². The number of H-pyrrole nitrogens is 1. The van der Waals surface area contributed by atoms with Crippen LogP contribution in [-0.2, 0) is 20.9 Å². The summed E-state index contributed by atoms with van der Waals surface area (Å²) in [4.78, 5) is 41.9. The smallest absolute Gasteiger partial charge is 0.343 e. The molecule has 5 rings (SSSR count). The summed E-state index contributed by atoms with van der Waals surface area (Å²) in [6, 6.07) is 15.0. The predicted octanol–water partition coefficient (Wildman–Crippen LogP) is 2.89. The summed E-state index contributed by atoms with van der Waals surface area (Å²) in [5, 5.41) is 0. The number of anilines is 1. The Kier molecular flexibility index (Phi) is 4.24. The van der Waals surface area contributed by atoms with Crippen molar-refractivity contribution >= 4 is 40.4 Å². The predicted molar refractivity (Wildman–Crippen MR) is 110 cm³/mol. The maximum absolute atomic E-state index is 13.0. The minimum Gasteiger partial charge on any atom is -0.463 e. The second kappa shape index (κ2) is 6.81. The fraction of sp³-hybridized carbons (Fsp3) is 0.286. The highest BCUT2D eigenvalue weighted by Crippen LogP contribution is 2.56. The van der Waals surface area contributed by atoms with Gasteiger partial charge in [0.2, 0.25) is 5.91 Å². The zero-order valence-corrected chi connectivity index (χ0v) is 16.4. The molecule has 0 aliphatic carbocycles. The van der Waals surface area contributed by atoms with Crippen LogP contribution in [-0.4, -0.2) is 32.9 Å². The maximum Gasteiger partial charge on any atom is 0.343 e. The number of carbonyl (C=O) groups excluding carboxylic acids is 2. The van der Waals surface area contributed by atoms with Crippen LogP contribution in [0, 0.1) is 0 Å². The van der Waals surface area contributed by atoms with E-state index in [4.69, 9.17) is 4.74 Å². The van der Waals surface area contributed by atoms with Crippen molar-refractivity contribution in [2.24, 2.45) is 0 Å². The van der Waals surface area contributed by atoms with E-state index in [1.165, 1.54) is 11.8 Å². The molecule has 29 heavy (non-hydrogen) atoms. The Labute approximate surface area is 170 Å². The number of aromatic nitrogens is 2. The van der Waals surface area contributed by atoms with Gasteiger partial charge in [0.15, 0.2) is 4.87 Å². The van der Waals surface area contributed by atoms with Crippen molar-refractivity contribution in [3.05, 3.63) is 59.0 Å². The topological polar surface area (TPSA) is 84.4 Å². The zero-order valence-electron chi connectivity index (χ0n) is 15.6. The third-order valence-corrected chi connectivity index (χ3v) is 6.89. The Bertz CT molecular complexity index is 1180. The molecule has 0 saturated carbocycles. The van der Waals surface area contributed by atoms with Crippen LogP contribution >= 0.6 is 11.8 Å². The Morgan fingerprint density at radius 3 is 2.83 bits per heavy atom. The van der Waals surface area contributed by atoms with Crippen LogP contribution < -0.4 is 10.6 Å². The van der Waals surface area contributed by atoms with Crippen LogP contribution in [0.5, 0.6) is 0 Å². The van der Waals surface area contributed by atoms with Gasteiger partial charge in [-0.05, 0) is 30.7 Å². The lowest BCUT2D eigenvalue weighted by Gasteiger charge is -2.28. The number of imidazole rings is 1. The average Bonchev–Trinajstić information content (AvgIpc) is 3.35. The summed E-state index contributed by atoms with van der Waals surface area (Å²) < 4.78 is 7.23. The van der Waals surface area contributed by atoms with E-state index in [2.05, 4.69) is 4.98 Å². The van der Waals surface area contributed by atoms with Gasteiger partial charge in [0.05, 0.1) is 23.3 Å². The molecule has 1 fully saturated rings. The van der Waals surface area contributed by atoms with Crippen molar-refractivity contribution in [3.63, 3.8) is 0 Å². The van der Waals surface area contributed by atoms with Crippen molar-refractivity contribution in [2.75, 3.05) is 11.5 Å². The molecule has 2 aliphatic rings. The molecule has 148 valence electrons. The summed E-state index contributed by atoms with van der Waals surface area (Å²) in [7, 11) is 0. The standard InChI is InChI=1S/C21H19N3O4S/c25-18-10-11-21(24(18)16-8-3-4-9-17(16)29-21)19(26)28-13-5-12-23-15-7-2-1-6-14(15)22-20(23)27/h1-4,6-9H,5,10-13H2,(H,22,27)/t21-/m0/s1. The van der Waals surface area contributed by atoms with Gasteiger partial charge in [-0.1, -0.05) is 36.0 Å². The SMILES string of the molecule is O=C1CC[C@@]2(C(=O)OCCCn3c(=O)[nH]c4ccccc43)Sc3ccccc3N12. The molecule has 2 aliphatic heterocycles. The van der Waals surface area contributed by atoms with Gasteiger partial charge in [0.25, 0.3) is 0 Å². The summed E-state index contributed by atoms with van der Waals surface area (Å²) in [5.41, 5.74) is 2.22. The molecule has 1 aromatic heterocycles. The highest BCUT2D eigenvalue weighted by molar-refractivity contribution is 8.02. The van der Waals surface area contributed by atoms with E-state index in [-0.39, 0.29) is 18.2 Å². The molecular formula is C21H19N3O4S. The van der Waals surface area contributed by atoms with Crippen molar-refractivity contribution in [1.82, 2.24) is 9.55 Å². The maximum atomic E-state index is 13.0. The number of esters is 1. The van der Waals surface area contributed by atoms with Crippen LogP contribution in [0.4, 0.5) is 5.69 Å². The molecule has 2 aromatic carbocycles. The third kappa shape index (κ3) is 2.78. The molecule has 0 radical (unpaired) electrons. The molecule has 3 heterocycles. The molecule has 3 aromatic rings. The number of nitrogens with one attached hydrogen (secondary N) is 1. The minimum absolute atomic E-state index is 0.0512. The lowest BCUT2D eigenvalue weighted by Crippen LogP contribution is -2.47. The number of aryl methyl sites for hydroxylation is 1. The van der Waals surface area contributed by atoms with Crippen LogP contribution in [0.25, 0.3) is 11.0 Å². The fourth-order valence-corrected chi connectivity index (χ4v) is 5.51. The molecule has 7 nitrogen and oxygen atoms in total. The molecule has 1 N–H and O–H groups in total. The molecule has 8 heteroatoms. The van der Waals surface area contributed by atoms with Gasteiger partial charge in [-0.3, -0.25) is 14.3 Å². The monoisotopic (exact) mass is 409 g/mol. The fourth-order valence-electron chi connectivity index (χ4n) is 4.10. The Balaban J connectivity index is 1.27.